The molecular formula is C3H15B3F18LiO-3. The van der Waals surface area contributed by atoms with Gasteiger partial charge in [0.15, 0.2) is 0 Å². The normalized spacial score (nSPS) is 8.31. The van der Waals surface area contributed by atoms with E-state index in [0.29, 0.717) is 0 Å². The second kappa shape index (κ2) is 32.2. The topological polar surface area (TPSA) is 20.2 Å². The molecule has 0 aromatic rings. The molecule has 0 aliphatic carbocycles. The average Bonchev–Trinajstić information content (AvgIpc) is 1.66. The Morgan fingerprint density at radius 3 is 0.500 bits per heavy atom. The molecular weight excluding hydrogens is 433 g/mol. The van der Waals surface area contributed by atoms with E-state index in [-0.39, 0.29) is 54.6 Å². The van der Waals surface area contributed by atoms with Gasteiger partial charge in [0.05, 0.1) is 0 Å². The Bertz CT molecular complexity index is 148. The summed E-state index contributed by atoms with van der Waals surface area (Å²) in [4.78, 5) is 0. The van der Waals surface area contributed by atoms with Crippen LogP contribution in [0.25, 0.3) is 0 Å². The Kier molecular flexibility index (Phi) is 90.1. The van der Waals surface area contributed by atoms with Crippen LogP contribution in [0.3, 0.4) is 0 Å². The first-order valence-electron chi connectivity index (χ1n) is 4.03. The molecule has 0 bridgehead atoms. The summed E-state index contributed by atoms with van der Waals surface area (Å²) >= 11 is 0. The molecule has 1 N–H and O–H groups in total. The van der Waals surface area contributed by atoms with Crippen LogP contribution in [0.5, 0.6) is 0 Å². The van der Waals surface area contributed by atoms with Crippen LogP contribution in [0.1, 0.15) is 15.3 Å². The van der Waals surface area contributed by atoms with Crippen molar-refractivity contribution in [2.24, 2.45) is 0 Å². The largest absolute Gasteiger partial charge is 1.00 e. The van der Waals surface area contributed by atoms with E-state index in [4.69, 9.17) is 5.11 Å². The standard InChI is InChI=1S/C3H8O.3BF4.6FH.Li.H/c1-3(2)4;3*2-1(3,4)5;;;;;;;;/h3-4H,1-2H3;;;;6*1H;;/q;3*-1;;;;;;;+1;-1. The molecule has 0 rings (SSSR count). The van der Waals surface area contributed by atoms with Gasteiger partial charge in [0.25, 0.3) is 0 Å². The third-order valence-corrected chi connectivity index (χ3v) is 0. The SMILES string of the molecule is CC(C)O.F.F.F.F.F.F.F[B-](F)(F)F.F[B-](F)(F)F.F[B-](F)(F)F.[H-].[Li+]. The molecule has 172 valence electrons. The molecule has 0 saturated carbocycles. The minimum absolute atomic E-state index is 0. The summed E-state index contributed by atoms with van der Waals surface area (Å²) in [6.07, 6.45) is -0.167. The smallest absolute Gasteiger partial charge is 1.00 e. The van der Waals surface area contributed by atoms with Gasteiger partial charge < -0.3 is 58.3 Å². The molecule has 0 spiro atoms. The fraction of sp³-hybridized carbons (Fsp3) is 1.00. The van der Waals surface area contributed by atoms with Crippen molar-refractivity contribution >= 4 is 21.8 Å². The Hall–Kier alpha value is -0.508. The molecule has 0 atom stereocenters. The van der Waals surface area contributed by atoms with Crippen LogP contribution in [-0.4, -0.2) is 33.0 Å². The third-order valence-electron chi connectivity index (χ3n) is 0. The minimum atomic E-state index is -6.00. The van der Waals surface area contributed by atoms with Crippen molar-refractivity contribution in [2.45, 2.75) is 20.0 Å². The van der Waals surface area contributed by atoms with Gasteiger partial charge in [-0.1, -0.05) is 0 Å². The van der Waals surface area contributed by atoms with Gasteiger partial charge in [0, 0.05) is 6.10 Å². The molecule has 0 saturated heterocycles. The van der Waals surface area contributed by atoms with Crippen molar-refractivity contribution in [3.63, 3.8) is 0 Å². The Labute approximate surface area is 148 Å². The molecule has 0 radical (unpaired) electrons. The molecule has 0 unspecified atom stereocenters. The first kappa shape index (κ1) is 72.8. The van der Waals surface area contributed by atoms with Crippen LogP contribution in [0, 0.1) is 0 Å². The number of hydrogen-bond donors (Lipinski definition) is 1. The van der Waals surface area contributed by atoms with Crippen LogP contribution in [0.2, 0.25) is 0 Å². The van der Waals surface area contributed by atoms with Crippen molar-refractivity contribution in [1.82, 2.24) is 0 Å². The summed E-state index contributed by atoms with van der Waals surface area (Å²) in [6, 6.07) is 0. The third kappa shape index (κ3) is 46100. The van der Waals surface area contributed by atoms with E-state index >= 15 is 0 Å². The fourth-order valence-electron chi connectivity index (χ4n) is 0. The van der Waals surface area contributed by atoms with Crippen molar-refractivity contribution in [2.75, 3.05) is 0 Å². The van der Waals surface area contributed by atoms with Gasteiger partial charge in [-0.25, -0.2) is 0 Å². The number of rotatable bonds is 0. The van der Waals surface area contributed by atoms with Crippen LogP contribution in [0.4, 0.5) is 80.0 Å². The second-order valence-corrected chi connectivity index (χ2v) is 2.58. The Morgan fingerprint density at radius 2 is 0.500 bits per heavy atom. The first-order chi connectivity index (χ1) is 7.73. The van der Waals surface area contributed by atoms with Gasteiger partial charge in [0.1, 0.15) is 0 Å². The zero-order valence-corrected chi connectivity index (χ0v) is 12.7. The van der Waals surface area contributed by atoms with E-state index < -0.39 is 21.8 Å². The van der Waals surface area contributed by atoms with Gasteiger partial charge >= 0.3 is 40.6 Å². The van der Waals surface area contributed by atoms with Crippen molar-refractivity contribution < 1.29 is 105 Å². The van der Waals surface area contributed by atoms with Crippen molar-refractivity contribution in [3.8, 4) is 0 Å². The summed E-state index contributed by atoms with van der Waals surface area (Å²) in [5.74, 6) is 0. The van der Waals surface area contributed by atoms with Crippen molar-refractivity contribution in [1.29, 1.82) is 0 Å². The number of aliphatic hydroxyl groups is 1. The molecule has 0 aliphatic rings. The van der Waals surface area contributed by atoms with E-state index in [1.807, 2.05) is 0 Å². The number of aliphatic hydroxyl groups excluding tert-OH is 1. The maximum Gasteiger partial charge on any atom is 1.00 e. The van der Waals surface area contributed by atoms with Gasteiger partial charge in [-0.3, -0.25) is 28.2 Å². The molecule has 0 fully saturated rings. The molecule has 0 heterocycles. The molecule has 26 heavy (non-hydrogen) atoms. The van der Waals surface area contributed by atoms with Crippen LogP contribution >= 0.6 is 0 Å². The summed E-state index contributed by atoms with van der Waals surface area (Å²) in [5, 5.41) is 8.06. The van der Waals surface area contributed by atoms with Gasteiger partial charge in [-0.2, -0.15) is 0 Å². The van der Waals surface area contributed by atoms with Crippen molar-refractivity contribution in [3.05, 3.63) is 0 Å². The molecule has 0 aromatic carbocycles. The maximum absolute atomic E-state index is 9.75. The quantitative estimate of drug-likeness (QED) is 0.446. The number of halogens is 18. The van der Waals surface area contributed by atoms with Crippen LogP contribution < -0.4 is 18.9 Å². The fourth-order valence-corrected chi connectivity index (χ4v) is 0. The summed E-state index contributed by atoms with van der Waals surface area (Å²) in [6.45, 7) is 3.44. The van der Waals surface area contributed by atoms with Crippen LogP contribution in [-0.2, 0) is 0 Å². The van der Waals surface area contributed by atoms with E-state index in [2.05, 4.69) is 0 Å². The molecule has 0 aromatic heterocycles. The van der Waals surface area contributed by atoms with Gasteiger partial charge in [-0.05, 0) is 13.8 Å². The zero-order chi connectivity index (χ0) is 17.1. The molecule has 0 amide bonds. The predicted octanol–water partition coefficient (Wildman–Crippen LogP) is 2.32. The van der Waals surface area contributed by atoms with Gasteiger partial charge in [-0.15, -0.1) is 0 Å². The van der Waals surface area contributed by atoms with E-state index in [1.165, 1.54) is 0 Å². The van der Waals surface area contributed by atoms with E-state index in [9.17, 15) is 51.8 Å². The molecule has 1 nitrogen and oxygen atoms in total. The molecule has 0 aliphatic heterocycles. The summed E-state index contributed by atoms with van der Waals surface area (Å²) in [7, 11) is -18.0. The van der Waals surface area contributed by atoms with Crippen LogP contribution in [0.15, 0.2) is 0 Å². The number of hydrogen-bond acceptors (Lipinski definition) is 1. The summed E-state index contributed by atoms with van der Waals surface area (Å²) < 4.78 is 117. The zero-order valence-electron chi connectivity index (χ0n) is 13.7. The second-order valence-electron chi connectivity index (χ2n) is 2.58. The monoisotopic (exact) mass is 449 g/mol. The van der Waals surface area contributed by atoms with E-state index in [0.717, 1.165) is 0 Å². The minimum Gasteiger partial charge on any atom is -1.00 e. The Morgan fingerprint density at radius 1 is 0.500 bits per heavy atom. The Balaban J connectivity index is -0.0000000101. The predicted molar refractivity (Wildman–Crippen MR) is 64.0 cm³/mol. The average molecular weight is 448 g/mol. The van der Waals surface area contributed by atoms with E-state index in [1.54, 1.807) is 13.8 Å². The first-order valence-corrected chi connectivity index (χ1v) is 4.03. The summed E-state index contributed by atoms with van der Waals surface area (Å²) in [5.41, 5.74) is 0. The maximum atomic E-state index is 9.75. The van der Waals surface area contributed by atoms with Gasteiger partial charge in [0.2, 0.25) is 0 Å². The molecule has 23 heteroatoms.